The number of phenols is 1. The van der Waals surface area contributed by atoms with Gasteiger partial charge in [0.2, 0.25) is 5.91 Å². The summed E-state index contributed by atoms with van der Waals surface area (Å²) in [5.74, 6) is -2.76. The van der Waals surface area contributed by atoms with Crippen molar-refractivity contribution in [3.63, 3.8) is 0 Å². The number of phenolic OH excluding ortho intramolecular Hbond substituents is 1. The van der Waals surface area contributed by atoms with Gasteiger partial charge in [0.25, 0.3) is 11.8 Å². The van der Waals surface area contributed by atoms with Gasteiger partial charge in [-0.05, 0) is 18.6 Å². The van der Waals surface area contributed by atoms with Crippen LogP contribution in [-0.4, -0.2) is 40.8 Å². The second-order valence-electron chi connectivity index (χ2n) is 4.52. The van der Waals surface area contributed by atoms with Gasteiger partial charge in [-0.25, -0.2) is 4.39 Å². The van der Waals surface area contributed by atoms with Gasteiger partial charge in [-0.15, -0.1) is 0 Å². The van der Waals surface area contributed by atoms with Crippen LogP contribution in [0.3, 0.4) is 0 Å². The molecule has 0 radical (unpaired) electrons. The van der Waals surface area contributed by atoms with Crippen LogP contribution in [0.1, 0.15) is 23.2 Å². The van der Waals surface area contributed by atoms with Gasteiger partial charge in [0.05, 0.1) is 5.56 Å². The van der Waals surface area contributed by atoms with E-state index in [9.17, 15) is 18.8 Å². The maximum Gasteiger partial charge on any atom is 0.254 e. The first-order chi connectivity index (χ1) is 9.40. The van der Waals surface area contributed by atoms with Crippen molar-refractivity contribution in [3.05, 3.63) is 29.6 Å². The number of aromatic hydroxyl groups is 1. The Bertz CT molecular complexity index is 588. The average molecular weight is 280 g/mol. The van der Waals surface area contributed by atoms with Crippen LogP contribution >= 0.6 is 0 Å². The largest absolute Gasteiger partial charge is 0.508 e. The van der Waals surface area contributed by atoms with Crippen LogP contribution < -0.4 is 5.32 Å². The number of likely N-dealkylation sites (tertiary alicyclic amines) is 1. The van der Waals surface area contributed by atoms with E-state index in [0.29, 0.717) is 0 Å². The molecule has 1 unspecified atom stereocenters. The molecule has 0 saturated carbocycles. The molecule has 1 fully saturated rings. The molecule has 6 nitrogen and oxygen atoms in total. The minimum atomic E-state index is -0.879. The van der Waals surface area contributed by atoms with E-state index in [4.69, 9.17) is 5.11 Å². The summed E-state index contributed by atoms with van der Waals surface area (Å²) in [6, 6.07) is 2.27. The fourth-order valence-corrected chi connectivity index (χ4v) is 1.97. The number of piperidine rings is 1. The molecule has 1 aliphatic heterocycles. The van der Waals surface area contributed by atoms with Crippen LogP contribution in [0, 0.1) is 5.82 Å². The average Bonchev–Trinajstić information content (AvgIpc) is 2.39. The summed E-state index contributed by atoms with van der Waals surface area (Å²) in [6.07, 6.45) is 0.332. The first-order valence-corrected chi connectivity index (χ1v) is 6.00. The molecular weight excluding hydrogens is 267 g/mol. The predicted octanol–water partition coefficient (Wildman–Crippen LogP) is 0.408. The summed E-state index contributed by atoms with van der Waals surface area (Å²) in [6.45, 7) is 0. The van der Waals surface area contributed by atoms with E-state index in [1.54, 1.807) is 0 Å². The molecule has 2 N–H and O–H groups in total. The predicted molar refractivity (Wildman–Crippen MR) is 66.3 cm³/mol. The molecule has 1 aromatic rings. The minimum absolute atomic E-state index is 0.144. The molecule has 1 atom stereocenters. The van der Waals surface area contributed by atoms with E-state index in [-0.39, 0.29) is 30.1 Å². The topological polar surface area (TPSA) is 86.7 Å². The summed E-state index contributed by atoms with van der Waals surface area (Å²) in [4.78, 5) is 35.9. The Morgan fingerprint density at radius 1 is 1.45 bits per heavy atom. The highest BCUT2D eigenvalue weighted by atomic mass is 19.1. The Morgan fingerprint density at radius 3 is 2.80 bits per heavy atom. The Hall–Kier alpha value is -2.44. The van der Waals surface area contributed by atoms with E-state index in [2.05, 4.69) is 5.32 Å². The molecule has 3 amide bonds. The molecule has 0 spiro atoms. The Labute approximate surface area is 114 Å². The summed E-state index contributed by atoms with van der Waals surface area (Å²) >= 11 is 0. The highest BCUT2D eigenvalue weighted by Crippen LogP contribution is 2.16. The summed E-state index contributed by atoms with van der Waals surface area (Å²) in [5, 5.41) is 11.5. The van der Waals surface area contributed by atoms with Gasteiger partial charge in [0.1, 0.15) is 17.6 Å². The molecule has 1 saturated heterocycles. The summed E-state index contributed by atoms with van der Waals surface area (Å²) < 4.78 is 13.5. The Balaban J connectivity index is 2.12. The van der Waals surface area contributed by atoms with Crippen molar-refractivity contribution in [2.24, 2.45) is 0 Å². The van der Waals surface area contributed by atoms with Crippen molar-refractivity contribution >= 4 is 17.7 Å². The molecule has 1 aliphatic rings. The summed E-state index contributed by atoms with van der Waals surface area (Å²) in [7, 11) is 1.34. The van der Waals surface area contributed by atoms with Gasteiger partial charge < -0.3 is 10.4 Å². The van der Waals surface area contributed by atoms with Gasteiger partial charge in [0.15, 0.2) is 0 Å². The lowest BCUT2D eigenvalue weighted by atomic mass is 10.0. The van der Waals surface area contributed by atoms with Crippen LogP contribution in [0.25, 0.3) is 0 Å². The van der Waals surface area contributed by atoms with Crippen molar-refractivity contribution in [3.8, 4) is 5.75 Å². The Morgan fingerprint density at radius 2 is 2.15 bits per heavy atom. The number of nitrogens with zero attached hydrogens (tertiary/aromatic N) is 1. The van der Waals surface area contributed by atoms with Crippen LogP contribution in [-0.2, 0) is 9.59 Å². The monoisotopic (exact) mass is 280 g/mol. The molecule has 1 heterocycles. The number of rotatable bonds is 2. The third kappa shape index (κ3) is 2.61. The Kier molecular flexibility index (Phi) is 3.69. The molecule has 0 aromatic heterocycles. The van der Waals surface area contributed by atoms with Gasteiger partial charge in [-0.3, -0.25) is 19.3 Å². The molecule has 7 heteroatoms. The maximum atomic E-state index is 13.5. The third-order valence-corrected chi connectivity index (χ3v) is 3.15. The van der Waals surface area contributed by atoms with Crippen LogP contribution in [0.4, 0.5) is 4.39 Å². The quantitative estimate of drug-likeness (QED) is 0.768. The molecule has 20 heavy (non-hydrogen) atoms. The van der Waals surface area contributed by atoms with E-state index in [1.165, 1.54) is 13.1 Å². The number of halogens is 1. The molecule has 2 rings (SSSR count). The fourth-order valence-electron chi connectivity index (χ4n) is 1.97. The second-order valence-corrected chi connectivity index (χ2v) is 4.52. The molecular formula is C13H13FN2O4. The fraction of sp³-hybridized carbons (Fsp3) is 0.308. The molecule has 0 aliphatic carbocycles. The zero-order chi connectivity index (χ0) is 14.9. The second kappa shape index (κ2) is 5.28. The zero-order valence-corrected chi connectivity index (χ0v) is 10.7. The highest BCUT2D eigenvalue weighted by Gasteiger charge is 2.33. The van der Waals surface area contributed by atoms with Crippen molar-refractivity contribution in [2.75, 3.05) is 7.05 Å². The molecule has 0 bridgehead atoms. The van der Waals surface area contributed by atoms with E-state index >= 15 is 0 Å². The van der Waals surface area contributed by atoms with Gasteiger partial charge in [-0.1, -0.05) is 0 Å². The first kappa shape index (κ1) is 14.0. The van der Waals surface area contributed by atoms with Crippen molar-refractivity contribution in [1.29, 1.82) is 0 Å². The number of carbonyl (C=O) groups is 3. The maximum absolute atomic E-state index is 13.5. The van der Waals surface area contributed by atoms with Crippen molar-refractivity contribution < 1.29 is 23.9 Å². The third-order valence-electron chi connectivity index (χ3n) is 3.15. The lowest BCUT2D eigenvalue weighted by Crippen LogP contribution is -2.53. The van der Waals surface area contributed by atoms with Crippen LogP contribution in [0.2, 0.25) is 0 Å². The molecule has 1 aromatic carbocycles. The van der Waals surface area contributed by atoms with Gasteiger partial charge in [0, 0.05) is 19.5 Å². The lowest BCUT2D eigenvalue weighted by molar-refractivity contribution is -0.147. The normalized spacial score (nSPS) is 19.1. The number of carbonyl (C=O) groups excluding carboxylic acids is 3. The van der Waals surface area contributed by atoms with Crippen molar-refractivity contribution in [1.82, 2.24) is 10.2 Å². The van der Waals surface area contributed by atoms with E-state index in [0.717, 1.165) is 17.0 Å². The van der Waals surface area contributed by atoms with E-state index in [1.807, 2.05) is 0 Å². The standard InChI is InChI=1S/C13H13FN2O4/c1-16-11(18)5-4-10(13(16)20)15-12(19)8-3-2-7(17)6-9(8)14/h2-3,6,10,17H,4-5H2,1H3,(H,15,19). The van der Waals surface area contributed by atoms with Crippen LogP contribution in [0.5, 0.6) is 5.75 Å². The number of imide groups is 1. The number of likely N-dealkylation sites (N-methyl/N-ethyl adjacent to an activating group) is 1. The number of hydrogen-bond donors (Lipinski definition) is 2. The van der Waals surface area contributed by atoms with Crippen molar-refractivity contribution in [2.45, 2.75) is 18.9 Å². The summed E-state index contributed by atoms with van der Waals surface area (Å²) in [5.41, 5.74) is -0.268. The number of hydrogen-bond acceptors (Lipinski definition) is 4. The zero-order valence-electron chi connectivity index (χ0n) is 10.7. The number of nitrogens with one attached hydrogen (secondary N) is 1. The minimum Gasteiger partial charge on any atom is -0.508 e. The van der Waals surface area contributed by atoms with Crippen LogP contribution in [0.15, 0.2) is 18.2 Å². The van der Waals surface area contributed by atoms with Gasteiger partial charge >= 0.3 is 0 Å². The number of benzene rings is 1. The van der Waals surface area contributed by atoms with Gasteiger partial charge in [-0.2, -0.15) is 0 Å². The smallest absolute Gasteiger partial charge is 0.254 e. The lowest BCUT2D eigenvalue weighted by Gasteiger charge is -2.28. The highest BCUT2D eigenvalue weighted by molar-refractivity contribution is 6.03. The molecule has 106 valence electrons. The SMILES string of the molecule is CN1C(=O)CCC(NC(=O)c2ccc(O)cc2F)C1=O. The number of amides is 3. The first-order valence-electron chi connectivity index (χ1n) is 6.00. The van der Waals surface area contributed by atoms with E-state index < -0.39 is 23.7 Å².